The zero-order valence-electron chi connectivity index (χ0n) is 16.9. The Balaban J connectivity index is 1.64. The molecule has 3 aromatic rings. The molecule has 166 valence electrons. The molecule has 1 aliphatic rings. The number of ether oxygens (including phenoxy) is 1. The van der Waals surface area contributed by atoms with E-state index in [-0.39, 0.29) is 31.1 Å². The van der Waals surface area contributed by atoms with E-state index in [4.69, 9.17) is 10.5 Å². The molecule has 1 fully saturated rings. The maximum absolute atomic E-state index is 11.7. The molecular weight excluding hydrogens is 416 g/mol. The van der Waals surface area contributed by atoms with Crippen LogP contribution in [0.2, 0.25) is 0 Å². The number of nitrogens with one attached hydrogen (secondary N) is 1. The molecular formula is C21H22N6O5. The van der Waals surface area contributed by atoms with Gasteiger partial charge >= 0.3 is 5.97 Å². The number of aromatic nitrogens is 4. The Labute approximate surface area is 182 Å². The monoisotopic (exact) mass is 438 g/mol. The number of rotatable bonds is 6. The second-order valence-electron chi connectivity index (χ2n) is 7.33. The van der Waals surface area contributed by atoms with E-state index in [0.29, 0.717) is 11.2 Å². The number of benzene rings is 1. The number of nitrogen functional groups attached to an aromatic ring is 1. The third kappa shape index (κ3) is 4.33. The third-order valence-corrected chi connectivity index (χ3v) is 5.18. The molecule has 0 spiro atoms. The fraction of sp³-hybridized carbons (Fsp3) is 0.333. The maximum Gasteiger partial charge on any atom is 0.327 e. The lowest BCUT2D eigenvalue weighted by atomic mass is 10.1. The Morgan fingerprint density at radius 3 is 2.81 bits per heavy atom. The van der Waals surface area contributed by atoms with Crippen molar-refractivity contribution in [2.45, 2.75) is 37.3 Å². The lowest BCUT2D eigenvalue weighted by Crippen LogP contribution is -2.35. The fourth-order valence-corrected chi connectivity index (χ4v) is 3.55. The van der Waals surface area contributed by atoms with Crippen molar-refractivity contribution >= 4 is 23.0 Å². The summed E-state index contributed by atoms with van der Waals surface area (Å²) in [6, 6.07) is 10.9. The normalized spacial score (nSPS) is 21.1. The van der Waals surface area contributed by atoms with Gasteiger partial charge in [0.25, 0.3) is 0 Å². The van der Waals surface area contributed by atoms with E-state index in [9.17, 15) is 20.1 Å². The Bertz CT molecular complexity index is 1170. The van der Waals surface area contributed by atoms with E-state index in [1.165, 1.54) is 6.33 Å². The minimum absolute atomic E-state index is 0.148. The van der Waals surface area contributed by atoms with Crippen molar-refractivity contribution in [3.05, 3.63) is 48.0 Å². The van der Waals surface area contributed by atoms with E-state index in [1.54, 1.807) is 4.57 Å². The van der Waals surface area contributed by atoms with Crippen LogP contribution in [0.1, 0.15) is 24.0 Å². The summed E-state index contributed by atoms with van der Waals surface area (Å²) in [4.78, 5) is 24.2. The van der Waals surface area contributed by atoms with Crippen LogP contribution < -0.4 is 11.1 Å². The zero-order valence-corrected chi connectivity index (χ0v) is 16.9. The lowest BCUT2D eigenvalue weighted by Gasteiger charge is -2.15. The number of anilines is 1. The standard InChI is InChI=1S/C21H22N6O5/c22-19-18-20(25-11-24-19)27(17-9-14(29)15(10-28)32-17)16(26-18)6-7-23-13(21(30)31)8-12-4-2-1-3-5-12/h1-5,11,13-15,17,23,28-29H,8-10H2,(H,30,31)(H2,22,24,25)/t13-,14-,15+,17+/m0/s1. The summed E-state index contributed by atoms with van der Waals surface area (Å²) in [5, 5.41) is 31.8. The van der Waals surface area contributed by atoms with Gasteiger partial charge in [0.2, 0.25) is 0 Å². The number of nitrogens with two attached hydrogens (primary N) is 1. The summed E-state index contributed by atoms with van der Waals surface area (Å²) in [6.45, 7) is -0.343. The van der Waals surface area contributed by atoms with Crippen LogP contribution in [0.15, 0.2) is 36.7 Å². The van der Waals surface area contributed by atoms with Crippen molar-refractivity contribution in [1.29, 1.82) is 0 Å². The van der Waals surface area contributed by atoms with Gasteiger partial charge in [0.15, 0.2) is 22.8 Å². The van der Waals surface area contributed by atoms with Crippen LogP contribution in [-0.4, -0.2) is 65.7 Å². The van der Waals surface area contributed by atoms with Crippen LogP contribution >= 0.6 is 0 Å². The lowest BCUT2D eigenvalue weighted by molar-refractivity contribution is -0.139. The first-order chi connectivity index (χ1) is 15.5. The molecule has 2 aromatic heterocycles. The minimum atomic E-state index is -1.04. The van der Waals surface area contributed by atoms with Gasteiger partial charge in [-0.1, -0.05) is 30.3 Å². The number of hydrogen-bond donors (Lipinski definition) is 5. The molecule has 4 rings (SSSR count). The number of fused-ring (bicyclic) bond motifs is 1. The van der Waals surface area contributed by atoms with E-state index in [1.807, 2.05) is 30.3 Å². The molecule has 0 radical (unpaired) electrons. The number of nitrogens with zero attached hydrogens (tertiary/aromatic N) is 4. The van der Waals surface area contributed by atoms with Gasteiger partial charge in [-0.05, 0) is 11.5 Å². The number of carbonyl (C=O) groups is 1. The van der Waals surface area contributed by atoms with Crippen LogP contribution in [0, 0.1) is 12.0 Å². The largest absolute Gasteiger partial charge is 0.480 e. The summed E-state index contributed by atoms with van der Waals surface area (Å²) in [5.74, 6) is 2.12. The Morgan fingerprint density at radius 2 is 2.12 bits per heavy atom. The second kappa shape index (κ2) is 9.19. The summed E-state index contributed by atoms with van der Waals surface area (Å²) < 4.78 is 7.30. The molecule has 11 nitrogen and oxygen atoms in total. The van der Waals surface area contributed by atoms with Gasteiger partial charge in [-0.2, -0.15) is 0 Å². The highest BCUT2D eigenvalue weighted by atomic mass is 16.5. The third-order valence-electron chi connectivity index (χ3n) is 5.18. The molecule has 1 aromatic carbocycles. The molecule has 3 heterocycles. The molecule has 4 atom stereocenters. The first kappa shape index (κ1) is 21.5. The van der Waals surface area contributed by atoms with Crippen molar-refractivity contribution in [2.24, 2.45) is 0 Å². The van der Waals surface area contributed by atoms with E-state index in [0.717, 1.165) is 5.56 Å². The molecule has 0 amide bonds. The molecule has 0 bridgehead atoms. The highest BCUT2D eigenvalue weighted by molar-refractivity contribution is 5.82. The van der Waals surface area contributed by atoms with Gasteiger partial charge in [-0.3, -0.25) is 4.57 Å². The number of aliphatic hydroxyl groups excluding tert-OH is 2. The Morgan fingerprint density at radius 1 is 1.34 bits per heavy atom. The van der Waals surface area contributed by atoms with E-state index in [2.05, 4.69) is 32.2 Å². The van der Waals surface area contributed by atoms with Gasteiger partial charge in [-0.15, -0.1) is 0 Å². The first-order valence-electron chi connectivity index (χ1n) is 9.94. The Hall–Kier alpha value is -3.72. The van der Waals surface area contributed by atoms with Crippen LogP contribution in [0.4, 0.5) is 5.82 Å². The van der Waals surface area contributed by atoms with Crippen LogP contribution in [0.3, 0.4) is 0 Å². The van der Waals surface area contributed by atoms with Crippen LogP contribution in [0.5, 0.6) is 0 Å². The topological polar surface area (TPSA) is 169 Å². The van der Waals surface area contributed by atoms with Gasteiger partial charge in [-0.25, -0.2) is 19.7 Å². The average Bonchev–Trinajstić information content (AvgIpc) is 3.34. The van der Waals surface area contributed by atoms with Crippen LogP contribution in [-0.2, 0) is 16.0 Å². The SMILES string of the molecule is Nc1ncnc2c1nc(C#CN[C@@H](Cc1ccccc1)C(=O)O)n2[C@H]1C[C@H](O)[C@@H](CO)O1. The smallest absolute Gasteiger partial charge is 0.327 e. The molecule has 0 aliphatic carbocycles. The van der Waals surface area contributed by atoms with Crippen molar-refractivity contribution in [2.75, 3.05) is 12.3 Å². The first-order valence-corrected chi connectivity index (χ1v) is 9.94. The van der Waals surface area contributed by atoms with Gasteiger partial charge < -0.3 is 31.1 Å². The van der Waals surface area contributed by atoms with Crippen molar-refractivity contribution in [1.82, 2.24) is 24.8 Å². The zero-order chi connectivity index (χ0) is 22.7. The Kier molecular flexibility index (Phi) is 6.18. The molecule has 6 N–H and O–H groups in total. The molecule has 0 saturated carbocycles. The summed E-state index contributed by atoms with van der Waals surface area (Å²) >= 11 is 0. The minimum Gasteiger partial charge on any atom is -0.480 e. The highest BCUT2D eigenvalue weighted by Crippen LogP contribution is 2.32. The molecule has 1 aliphatic heterocycles. The number of carboxylic acids is 1. The van der Waals surface area contributed by atoms with Gasteiger partial charge in [0, 0.05) is 18.9 Å². The molecule has 1 saturated heterocycles. The fourth-order valence-electron chi connectivity index (χ4n) is 3.55. The number of aliphatic carboxylic acids is 1. The summed E-state index contributed by atoms with van der Waals surface area (Å²) in [7, 11) is 0. The predicted octanol–water partition coefficient (Wildman–Crippen LogP) is -0.356. The van der Waals surface area contributed by atoms with Crippen molar-refractivity contribution in [3.63, 3.8) is 0 Å². The number of hydrogen-bond acceptors (Lipinski definition) is 9. The molecule has 32 heavy (non-hydrogen) atoms. The highest BCUT2D eigenvalue weighted by Gasteiger charge is 2.36. The molecule has 11 heteroatoms. The quantitative estimate of drug-likeness (QED) is 0.253. The van der Waals surface area contributed by atoms with E-state index >= 15 is 0 Å². The predicted molar refractivity (Wildman–Crippen MR) is 113 cm³/mol. The van der Waals surface area contributed by atoms with E-state index < -0.39 is 30.4 Å². The van der Waals surface area contributed by atoms with Gasteiger partial charge in [0.05, 0.1) is 12.7 Å². The summed E-state index contributed by atoms with van der Waals surface area (Å²) in [6.07, 6.45) is -0.601. The maximum atomic E-state index is 11.7. The van der Waals surface area contributed by atoms with Crippen LogP contribution in [0.25, 0.3) is 11.2 Å². The second-order valence-corrected chi connectivity index (χ2v) is 7.33. The van der Waals surface area contributed by atoms with Crippen molar-refractivity contribution in [3.8, 4) is 12.0 Å². The molecule has 0 unspecified atom stereocenters. The number of aliphatic hydroxyl groups is 2. The number of carboxylic acid groups (broad SMARTS) is 1. The van der Waals surface area contributed by atoms with Gasteiger partial charge in [0.1, 0.15) is 24.7 Å². The van der Waals surface area contributed by atoms with Crippen molar-refractivity contribution < 1.29 is 24.9 Å². The summed E-state index contributed by atoms with van der Waals surface area (Å²) in [5.41, 5.74) is 7.44. The average molecular weight is 438 g/mol. The number of imidazole rings is 1.